The monoisotopic (exact) mass is 664 g/mol. The first-order valence-electron chi connectivity index (χ1n) is 15.3. The molecule has 3 aromatic heterocycles. The number of nitrogens with zero attached hydrogens (tertiary/aromatic N) is 4. The van der Waals surface area contributed by atoms with Crippen LogP contribution in [0.5, 0.6) is 0 Å². The first-order valence-corrected chi connectivity index (χ1v) is 15.6. The van der Waals surface area contributed by atoms with Crippen molar-refractivity contribution in [3.63, 3.8) is 0 Å². The number of fused-ring (bicyclic) bond motifs is 2. The lowest BCUT2D eigenvalue weighted by molar-refractivity contribution is -0.143. The van der Waals surface area contributed by atoms with E-state index >= 15 is 0 Å². The third-order valence-corrected chi connectivity index (χ3v) is 8.45. The van der Waals surface area contributed by atoms with Crippen molar-refractivity contribution >= 4 is 51.4 Å². The molecule has 13 heteroatoms. The van der Waals surface area contributed by atoms with Crippen molar-refractivity contribution < 1.29 is 27.8 Å². The van der Waals surface area contributed by atoms with Gasteiger partial charge in [0.2, 0.25) is 0 Å². The van der Waals surface area contributed by atoms with Crippen LogP contribution >= 0.6 is 11.6 Å². The van der Waals surface area contributed by atoms with Gasteiger partial charge in [0.1, 0.15) is 17.1 Å². The number of ether oxygens (including phenoxy) is 2. The maximum Gasteiger partial charge on any atom is 0.407 e. The van der Waals surface area contributed by atoms with Crippen molar-refractivity contribution in [2.75, 3.05) is 25.1 Å². The Morgan fingerprint density at radius 2 is 1.79 bits per heavy atom. The number of carbonyl (C=O) groups is 2. The molecule has 0 saturated carbocycles. The molecule has 47 heavy (non-hydrogen) atoms. The number of nitrogens with one attached hydrogen (secondary N) is 2. The van der Waals surface area contributed by atoms with Crippen LogP contribution in [0.25, 0.3) is 33.5 Å². The zero-order valence-electron chi connectivity index (χ0n) is 26.7. The molecule has 0 bridgehead atoms. The fourth-order valence-electron chi connectivity index (χ4n) is 5.99. The highest BCUT2D eigenvalue weighted by Gasteiger charge is 2.32. The number of carbonyl (C=O) groups excluding carboxylic acids is 2. The minimum absolute atomic E-state index is 0.105. The second kappa shape index (κ2) is 12.5. The molecule has 6 rings (SSSR count). The zero-order chi connectivity index (χ0) is 33.6. The third-order valence-electron chi connectivity index (χ3n) is 8.18. The van der Waals surface area contributed by atoms with E-state index in [2.05, 4.69) is 20.2 Å². The lowest BCUT2D eigenvalue weighted by Gasteiger charge is -2.35. The van der Waals surface area contributed by atoms with Gasteiger partial charge in [0.25, 0.3) is 0 Å². The number of aromatic nitrogens is 4. The topological polar surface area (TPSA) is 114 Å². The predicted molar refractivity (Wildman–Crippen MR) is 176 cm³/mol. The molecule has 1 amide bonds. The number of methoxy groups -OCH3 is 1. The zero-order valence-corrected chi connectivity index (χ0v) is 27.4. The second-order valence-electron chi connectivity index (χ2n) is 12.7. The van der Waals surface area contributed by atoms with Crippen molar-refractivity contribution in [3.8, 4) is 11.4 Å². The number of hydrogen-bond acceptors (Lipinski definition) is 7. The summed E-state index contributed by atoms with van der Waals surface area (Å²) in [5, 5.41) is 3.92. The Labute approximate surface area is 275 Å². The molecule has 1 aliphatic rings. The van der Waals surface area contributed by atoms with E-state index in [-0.39, 0.29) is 11.6 Å². The number of aromatic amines is 1. The van der Waals surface area contributed by atoms with Crippen molar-refractivity contribution in [1.29, 1.82) is 0 Å². The Bertz CT molecular complexity index is 1940. The van der Waals surface area contributed by atoms with Crippen molar-refractivity contribution in [1.82, 2.24) is 24.8 Å². The first kappa shape index (κ1) is 32.2. The number of amides is 1. The minimum Gasteiger partial charge on any atom is -0.467 e. The Morgan fingerprint density at radius 1 is 1.11 bits per heavy atom. The Hall–Kier alpha value is -4.71. The fourth-order valence-corrected chi connectivity index (χ4v) is 6.25. The molecule has 246 valence electrons. The summed E-state index contributed by atoms with van der Waals surface area (Å²) in [7, 11) is 1.32. The lowest BCUT2D eigenvalue weighted by Crippen LogP contribution is -2.46. The van der Waals surface area contributed by atoms with Crippen LogP contribution in [0.3, 0.4) is 0 Å². The Kier molecular flexibility index (Phi) is 8.56. The quantitative estimate of drug-likeness (QED) is 0.187. The minimum atomic E-state index is -1.02. The van der Waals surface area contributed by atoms with E-state index in [1.807, 2.05) is 52.0 Å². The molecule has 2 N–H and O–H groups in total. The highest BCUT2D eigenvalue weighted by molar-refractivity contribution is 6.35. The van der Waals surface area contributed by atoms with E-state index in [4.69, 9.17) is 26.1 Å². The number of halogens is 3. The van der Waals surface area contributed by atoms with Gasteiger partial charge in [0.05, 0.1) is 40.4 Å². The molecular formula is C34H35ClF2N6O4. The van der Waals surface area contributed by atoms with E-state index in [9.17, 15) is 18.4 Å². The Morgan fingerprint density at radius 3 is 2.45 bits per heavy atom. The van der Waals surface area contributed by atoms with E-state index in [0.717, 1.165) is 17.7 Å². The number of benzene rings is 2. The summed E-state index contributed by atoms with van der Waals surface area (Å²) >= 11 is 6.90. The molecular weight excluding hydrogens is 630 g/mol. The number of esters is 1. The summed E-state index contributed by atoms with van der Waals surface area (Å²) in [6, 6.07) is 8.59. The summed E-state index contributed by atoms with van der Waals surface area (Å²) in [6.07, 6.45) is 4.04. The Balaban J connectivity index is 1.48. The smallest absolute Gasteiger partial charge is 0.407 e. The molecule has 1 aliphatic heterocycles. The number of piperidine rings is 1. The summed E-state index contributed by atoms with van der Waals surface area (Å²) < 4.78 is 40.7. The number of pyridine rings is 1. The first-order chi connectivity index (χ1) is 22.3. The molecule has 1 fully saturated rings. The van der Waals surface area contributed by atoms with Crippen molar-refractivity contribution in [2.24, 2.45) is 0 Å². The van der Waals surface area contributed by atoms with Crippen LogP contribution in [-0.2, 0) is 14.3 Å². The number of aryl methyl sites for hydroxylation is 1. The van der Waals surface area contributed by atoms with Gasteiger partial charge < -0.3 is 29.2 Å². The van der Waals surface area contributed by atoms with Crippen LogP contribution in [0.15, 0.2) is 48.8 Å². The van der Waals surface area contributed by atoms with Crippen LogP contribution in [-0.4, -0.2) is 63.4 Å². The normalized spacial score (nSPS) is 14.9. The number of rotatable bonds is 6. The molecule has 0 radical (unpaired) electrons. The highest BCUT2D eigenvalue weighted by Crippen LogP contribution is 2.43. The van der Waals surface area contributed by atoms with E-state index in [1.54, 1.807) is 10.8 Å². The lowest BCUT2D eigenvalue weighted by atomic mass is 10.0. The molecule has 1 atom stereocenters. The molecule has 10 nitrogen and oxygen atoms in total. The summed E-state index contributed by atoms with van der Waals surface area (Å²) in [5.41, 5.74) is 3.23. The van der Waals surface area contributed by atoms with Gasteiger partial charge in [-0.2, -0.15) is 0 Å². The standard InChI is InChI=1S/C34H35ClF2N6O4/c1-18-6-8-19(9-7-18)28(32(44)46-5)43-17-21(30-40-25-14-23(36)24(37)15-26(25)41-30)27-29(22(35)16-38-31(27)43)42-12-10-20(11-13-42)39-33(45)47-34(2,3)4/h6-9,14-17,20,28H,10-13H2,1-5H3,(H,39,45)(H,40,41). The van der Waals surface area contributed by atoms with Gasteiger partial charge in [-0.25, -0.2) is 28.3 Å². The van der Waals surface area contributed by atoms with Gasteiger partial charge in [-0.1, -0.05) is 41.4 Å². The number of anilines is 1. The SMILES string of the molecule is COC(=O)C(c1ccc(C)cc1)n1cc(-c2nc3cc(F)c(F)cc3[nH]2)c2c(N3CCC(NC(=O)OC(C)(C)C)CC3)c(Cl)cnc21. The van der Waals surface area contributed by atoms with Crippen molar-refractivity contribution in [2.45, 2.75) is 58.2 Å². The van der Waals surface area contributed by atoms with Gasteiger partial charge >= 0.3 is 12.1 Å². The average Bonchev–Trinajstić information content (AvgIpc) is 3.59. The third kappa shape index (κ3) is 6.47. The maximum atomic E-state index is 14.2. The second-order valence-corrected chi connectivity index (χ2v) is 13.1. The number of alkyl carbamates (subject to hydrolysis) is 1. The summed E-state index contributed by atoms with van der Waals surface area (Å²) in [6.45, 7) is 8.48. The number of hydrogen-bond donors (Lipinski definition) is 2. The maximum absolute atomic E-state index is 14.2. The summed E-state index contributed by atoms with van der Waals surface area (Å²) in [4.78, 5) is 40.4. The molecule has 5 aromatic rings. The van der Waals surface area contributed by atoms with E-state index < -0.39 is 35.3 Å². The highest BCUT2D eigenvalue weighted by atomic mass is 35.5. The van der Waals surface area contributed by atoms with E-state index in [0.29, 0.717) is 70.1 Å². The van der Waals surface area contributed by atoms with Gasteiger partial charge in [0.15, 0.2) is 17.7 Å². The molecule has 1 saturated heterocycles. The number of imidazole rings is 1. The summed E-state index contributed by atoms with van der Waals surface area (Å²) in [5.74, 6) is -2.23. The molecule has 1 unspecified atom stereocenters. The van der Waals surface area contributed by atoms with Crippen LogP contribution in [0.1, 0.15) is 50.8 Å². The molecule has 0 aliphatic carbocycles. The van der Waals surface area contributed by atoms with Crippen LogP contribution in [0, 0.1) is 18.6 Å². The molecule has 2 aromatic carbocycles. The van der Waals surface area contributed by atoms with Gasteiger partial charge in [-0.3, -0.25) is 0 Å². The van der Waals surface area contributed by atoms with Gasteiger partial charge in [0, 0.05) is 43.0 Å². The van der Waals surface area contributed by atoms with Crippen LogP contribution in [0.2, 0.25) is 5.02 Å². The van der Waals surface area contributed by atoms with Gasteiger partial charge in [-0.05, 0) is 46.1 Å². The molecule has 0 spiro atoms. The molecule has 4 heterocycles. The van der Waals surface area contributed by atoms with Crippen LogP contribution in [0.4, 0.5) is 19.3 Å². The van der Waals surface area contributed by atoms with Crippen LogP contribution < -0.4 is 10.2 Å². The van der Waals surface area contributed by atoms with Crippen molar-refractivity contribution in [3.05, 3.63) is 76.6 Å². The predicted octanol–water partition coefficient (Wildman–Crippen LogP) is 7.08. The average molecular weight is 665 g/mol. The van der Waals surface area contributed by atoms with Gasteiger partial charge in [-0.15, -0.1) is 0 Å². The fraction of sp³-hybridized carbons (Fsp3) is 0.353. The largest absolute Gasteiger partial charge is 0.467 e. The number of H-pyrrole nitrogens is 1. The van der Waals surface area contributed by atoms with E-state index in [1.165, 1.54) is 13.3 Å².